The topological polar surface area (TPSA) is 89.7 Å². The lowest BCUT2D eigenvalue weighted by atomic mass is 10.2. The summed E-state index contributed by atoms with van der Waals surface area (Å²) in [5, 5.41) is 20.2. The fourth-order valence-corrected chi connectivity index (χ4v) is 2.23. The van der Waals surface area contributed by atoms with E-state index in [4.69, 9.17) is 21.4 Å². The molecule has 0 unspecified atom stereocenters. The Balaban J connectivity index is 2.43. The van der Waals surface area contributed by atoms with Gasteiger partial charge >= 0.3 is 5.97 Å². The number of aromatic carboxylic acids is 1. The van der Waals surface area contributed by atoms with Crippen molar-refractivity contribution in [1.82, 2.24) is 0 Å². The lowest BCUT2D eigenvalue weighted by molar-refractivity contribution is -0.385. The van der Waals surface area contributed by atoms with Gasteiger partial charge in [0.25, 0.3) is 5.69 Å². The summed E-state index contributed by atoms with van der Waals surface area (Å²) in [5.41, 5.74) is -0.310. The Kier molecular flexibility index (Phi) is 4.44. The van der Waals surface area contributed by atoms with Gasteiger partial charge < -0.3 is 9.84 Å². The number of benzene rings is 2. The smallest absolute Gasteiger partial charge is 0.339 e. The van der Waals surface area contributed by atoms with Crippen molar-refractivity contribution in [2.75, 3.05) is 0 Å². The fraction of sp³-hybridized carbons (Fsp3) is 0. The molecule has 0 aliphatic carbocycles. The summed E-state index contributed by atoms with van der Waals surface area (Å²) in [7, 11) is 0. The Morgan fingerprint density at radius 2 is 2.00 bits per heavy atom. The van der Waals surface area contributed by atoms with Gasteiger partial charge in [-0.25, -0.2) is 4.79 Å². The first-order chi connectivity index (χ1) is 9.86. The van der Waals surface area contributed by atoms with E-state index < -0.39 is 10.9 Å². The number of carboxylic acid groups (broad SMARTS) is 1. The van der Waals surface area contributed by atoms with Crippen molar-refractivity contribution < 1.29 is 19.6 Å². The quantitative estimate of drug-likeness (QED) is 0.630. The van der Waals surface area contributed by atoms with Crippen LogP contribution in [0.5, 0.6) is 11.5 Å². The van der Waals surface area contributed by atoms with Gasteiger partial charge in [-0.15, -0.1) is 0 Å². The lowest BCUT2D eigenvalue weighted by Gasteiger charge is -2.09. The highest BCUT2D eigenvalue weighted by Crippen LogP contribution is 2.32. The molecule has 0 radical (unpaired) electrons. The maximum atomic E-state index is 11.2. The van der Waals surface area contributed by atoms with Gasteiger partial charge in [0.05, 0.1) is 11.0 Å². The summed E-state index contributed by atoms with van der Waals surface area (Å²) >= 11 is 8.87. The first-order valence-corrected chi connectivity index (χ1v) is 6.69. The minimum absolute atomic E-state index is 0.0410. The molecular weight excluding hydrogens is 366 g/mol. The fourth-order valence-electron chi connectivity index (χ4n) is 1.60. The molecule has 6 nitrogen and oxygen atoms in total. The number of carboxylic acids is 1. The van der Waals surface area contributed by atoms with Gasteiger partial charge in [0.1, 0.15) is 17.1 Å². The molecule has 0 heterocycles. The molecule has 2 rings (SSSR count). The maximum absolute atomic E-state index is 11.2. The first kappa shape index (κ1) is 15.3. The second-order valence-electron chi connectivity index (χ2n) is 3.95. The van der Waals surface area contributed by atoms with Gasteiger partial charge in [0, 0.05) is 15.6 Å². The van der Waals surface area contributed by atoms with Crippen molar-refractivity contribution in [3.8, 4) is 11.5 Å². The van der Waals surface area contributed by atoms with E-state index in [2.05, 4.69) is 15.9 Å². The Morgan fingerprint density at radius 1 is 1.29 bits per heavy atom. The van der Waals surface area contributed by atoms with E-state index in [9.17, 15) is 14.9 Å². The molecule has 0 spiro atoms. The number of ether oxygens (including phenoxy) is 1. The van der Waals surface area contributed by atoms with Crippen LogP contribution in [0.25, 0.3) is 0 Å². The molecule has 0 bridgehead atoms. The highest BCUT2D eigenvalue weighted by Gasteiger charge is 2.15. The molecule has 0 amide bonds. The summed E-state index contributed by atoms with van der Waals surface area (Å²) < 4.78 is 5.87. The van der Waals surface area contributed by atoms with Crippen molar-refractivity contribution in [2.45, 2.75) is 0 Å². The third-order valence-corrected chi connectivity index (χ3v) is 3.16. The van der Waals surface area contributed by atoms with E-state index in [1.165, 1.54) is 36.4 Å². The Bertz CT molecular complexity index is 734. The highest BCUT2D eigenvalue weighted by atomic mass is 79.9. The van der Waals surface area contributed by atoms with Gasteiger partial charge in [-0.1, -0.05) is 27.5 Å². The van der Waals surface area contributed by atoms with Crippen molar-refractivity contribution in [2.24, 2.45) is 0 Å². The van der Waals surface area contributed by atoms with Crippen molar-refractivity contribution in [3.05, 3.63) is 61.6 Å². The van der Waals surface area contributed by atoms with Crippen molar-refractivity contribution in [1.29, 1.82) is 0 Å². The number of nitro groups is 1. The van der Waals surface area contributed by atoms with Gasteiger partial charge in [0.2, 0.25) is 0 Å². The minimum Gasteiger partial charge on any atom is -0.478 e. The Morgan fingerprint density at radius 3 is 2.62 bits per heavy atom. The molecule has 2 aromatic carbocycles. The predicted octanol–water partition coefficient (Wildman–Crippen LogP) is 4.50. The maximum Gasteiger partial charge on any atom is 0.339 e. The number of nitro benzene ring substituents is 1. The first-order valence-electron chi connectivity index (χ1n) is 5.52. The summed E-state index contributed by atoms with van der Waals surface area (Å²) in [4.78, 5) is 21.4. The van der Waals surface area contributed by atoms with Crippen LogP contribution in [-0.4, -0.2) is 16.0 Å². The molecule has 0 fully saturated rings. The molecule has 1 N–H and O–H groups in total. The van der Waals surface area contributed by atoms with Crippen LogP contribution >= 0.6 is 27.5 Å². The van der Waals surface area contributed by atoms with E-state index in [0.29, 0.717) is 4.47 Å². The normalized spacial score (nSPS) is 10.2. The monoisotopic (exact) mass is 371 g/mol. The van der Waals surface area contributed by atoms with Crippen molar-refractivity contribution >= 4 is 39.2 Å². The molecule has 8 heteroatoms. The number of hydrogen-bond acceptors (Lipinski definition) is 4. The molecule has 21 heavy (non-hydrogen) atoms. The van der Waals surface area contributed by atoms with Crippen LogP contribution in [0, 0.1) is 10.1 Å². The van der Waals surface area contributed by atoms with Crippen LogP contribution < -0.4 is 4.74 Å². The Hall–Kier alpha value is -2.12. The van der Waals surface area contributed by atoms with E-state index in [1.807, 2.05) is 0 Å². The molecular formula is C13H7BrClNO5. The molecule has 108 valence electrons. The van der Waals surface area contributed by atoms with Crippen LogP contribution in [-0.2, 0) is 0 Å². The van der Waals surface area contributed by atoms with Gasteiger partial charge in [-0.3, -0.25) is 10.1 Å². The SMILES string of the molecule is O=C(O)c1cc(Cl)ccc1Oc1cc(Br)cc([N+](=O)[O-])c1. The standard InChI is InChI=1S/C13H7BrClNO5/c14-7-3-9(16(19)20)6-10(4-7)21-12-2-1-8(15)5-11(12)13(17)18/h1-6H,(H,17,18). The molecule has 0 atom stereocenters. The minimum atomic E-state index is -1.21. The highest BCUT2D eigenvalue weighted by molar-refractivity contribution is 9.10. The van der Waals surface area contributed by atoms with Crippen LogP contribution in [0.1, 0.15) is 10.4 Å². The summed E-state index contributed by atoms with van der Waals surface area (Å²) in [6.45, 7) is 0. The summed E-state index contributed by atoms with van der Waals surface area (Å²) in [6.07, 6.45) is 0. The van der Waals surface area contributed by atoms with Crippen LogP contribution in [0.4, 0.5) is 5.69 Å². The number of halogens is 2. The second-order valence-corrected chi connectivity index (χ2v) is 5.30. The second kappa shape index (κ2) is 6.11. The Labute approximate surface area is 132 Å². The molecule has 0 aliphatic heterocycles. The molecule has 0 saturated carbocycles. The van der Waals surface area contributed by atoms with Gasteiger partial charge in [-0.05, 0) is 24.3 Å². The molecule has 2 aromatic rings. The third kappa shape index (κ3) is 3.71. The zero-order valence-corrected chi connectivity index (χ0v) is 12.6. The average Bonchev–Trinajstić information content (AvgIpc) is 2.40. The third-order valence-electron chi connectivity index (χ3n) is 2.47. The summed E-state index contributed by atoms with van der Waals surface area (Å²) in [6, 6.07) is 8.10. The molecule has 0 saturated heterocycles. The number of hydrogen-bond donors (Lipinski definition) is 1. The largest absolute Gasteiger partial charge is 0.478 e. The van der Waals surface area contributed by atoms with Gasteiger partial charge in [0.15, 0.2) is 0 Å². The van der Waals surface area contributed by atoms with Gasteiger partial charge in [-0.2, -0.15) is 0 Å². The van der Waals surface area contributed by atoms with E-state index >= 15 is 0 Å². The lowest BCUT2D eigenvalue weighted by Crippen LogP contribution is -2.00. The molecule has 0 aromatic heterocycles. The molecule has 0 aliphatic rings. The van der Waals surface area contributed by atoms with E-state index in [1.54, 1.807) is 0 Å². The number of carbonyl (C=O) groups is 1. The average molecular weight is 373 g/mol. The van der Waals surface area contributed by atoms with Crippen LogP contribution in [0.3, 0.4) is 0 Å². The predicted molar refractivity (Wildman–Crippen MR) is 79.3 cm³/mol. The van der Waals surface area contributed by atoms with Crippen LogP contribution in [0.15, 0.2) is 40.9 Å². The van der Waals surface area contributed by atoms with Crippen LogP contribution in [0.2, 0.25) is 5.02 Å². The summed E-state index contributed by atoms with van der Waals surface area (Å²) in [5.74, 6) is -1.03. The van der Waals surface area contributed by atoms with E-state index in [0.717, 1.165) is 0 Å². The number of nitrogens with zero attached hydrogens (tertiary/aromatic N) is 1. The zero-order chi connectivity index (χ0) is 15.6. The zero-order valence-electron chi connectivity index (χ0n) is 10.2. The number of non-ortho nitro benzene ring substituents is 1. The van der Waals surface area contributed by atoms with Crippen molar-refractivity contribution in [3.63, 3.8) is 0 Å². The van der Waals surface area contributed by atoms with E-state index in [-0.39, 0.29) is 27.8 Å². The number of rotatable bonds is 4.